The summed E-state index contributed by atoms with van der Waals surface area (Å²) < 4.78 is 37.9. The van der Waals surface area contributed by atoms with Crippen LogP contribution in [0.2, 0.25) is 0 Å². The van der Waals surface area contributed by atoms with Gasteiger partial charge in [-0.25, -0.2) is 13.1 Å². The highest BCUT2D eigenvalue weighted by Crippen LogP contribution is 2.27. The van der Waals surface area contributed by atoms with Crippen molar-refractivity contribution in [1.29, 1.82) is 0 Å². The van der Waals surface area contributed by atoms with Crippen LogP contribution >= 0.6 is 15.9 Å². The summed E-state index contributed by atoms with van der Waals surface area (Å²) >= 11 is 3.23. The lowest BCUT2D eigenvalue weighted by Crippen LogP contribution is -2.40. The fourth-order valence-corrected chi connectivity index (χ4v) is 3.47. The first-order chi connectivity index (χ1) is 9.44. The van der Waals surface area contributed by atoms with Gasteiger partial charge < -0.3 is 14.6 Å². The molecule has 0 saturated heterocycles. The van der Waals surface area contributed by atoms with Gasteiger partial charge in [0.15, 0.2) is 0 Å². The van der Waals surface area contributed by atoms with E-state index < -0.39 is 16.1 Å². The van der Waals surface area contributed by atoms with Crippen LogP contribution < -0.4 is 9.46 Å². The van der Waals surface area contributed by atoms with Gasteiger partial charge in [-0.2, -0.15) is 0 Å². The number of rotatable bonds is 8. The van der Waals surface area contributed by atoms with Gasteiger partial charge in [0.25, 0.3) is 0 Å². The van der Waals surface area contributed by atoms with E-state index in [1.807, 2.05) is 0 Å². The largest absolute Gasteiger partial charge is 0.492 e. The van der Waals surface area contributed by atoms with Crippen LogP contribution in [-0.2, 0) is 14.8 Å². The first-order valence-electron chi connectivity index (χ1n) is 5.99. The summed E-state index contributed by atoms with van der Waals surface area (Å²) in [6.07, 6.45) is 0. The second-order valence-electron chi connectivity index (χ2n) is 3.98. The van der Waals surface area contributed by atoms with Crippen molar-refractivity contribution in [3.05, 3.63) is 22.7 Å². The van der Waals surface area contributed by atoms with Crippen molar-refractivity contribution in [3.8, 4) is 5.75 Å². The molecule has 6 nitrogen and oxygen atoms in total. The average molecular weight is 368 g/mol. The summed E-state index contributed by atoms with van der Waals surface area (Å²) in [5.41, 5.74) is 0. The molecule has 1 unspecified atom stereocenters. The van der Waals surface area contributed by atoms with Crippen molar-refractivity contribution in [2.45, 2.75) is 17.9 Å². The number of hydrogen-bond donors (Lipinski definition) is 2. The van der Waals surface area contributed by atoms with E-state index in [4.69, 9.17) is 14.6 Å². The Labute approximate surface area is 127 Å². The quantitative estimate of drug-likeness (QED) is 0.719. The van der Waals surface area contributed by atoms with Crippen LogP contribution in [0.1, 0.15) is 6.92 Å². The van der Waals surface area contributed by atoms with Crippen molar-refractivity contribution >= 4 is 26.0 Å². The average Bonchev–Trinajstić information content (AvgIpc) is 2.40. The second-order valence-corrected chi connectivity index (χ2v) is 6.58. The van der Waals surface area contributed by atoms with Gasteiger partial charge in [0.2, 0.25) is 10.0 Å². The van der Waals surface area contributed by atoms with Crippen molar-refractivity contribution in [2.75, 3.05) is 26.9 Å². The van der Waals surface area contributed by atoms with Crippen molar-refractivity contribution in [3.63, 3.8) is 0 Å². The number of ether oxygens (including phenoxy) is 2. The summed E-state index contributed by atoms with van der Waals surface area (Å²) in [4.78, 5) is 0.0169. The molecule has 1 rings (SSSR count). The third-order valence-electron chi connectivity index (χ3n) is 2.41. The highest BCUT2D eigenvalue weighted by atomic mass is 79.9. The molecule has 1 atom stereocenters. The molecule has 0 amide bonds. The first kappa shape index (κ1) is 17.4. The van der Waals surface area contributed by atoms with Gasteiger partial charge in [0.1, 0.15) is 10.6 Å². The minimum Gasteiger partial charge on any atom is -0.492 e. The van der Waals surface area contributed by atoms with Gasteiger partial charge in [-0.05, 0) is 25.1 Å². The molecule has 0 aliphatic rings. The van der Waals surface area contributed by atoms with E-state index in [1.54, 1.807) is 19.1 Å². The lowest BCUT2D eigenvalue weighted by molar-refractivity contribution is 0.139. The molecule has 0 saturated carbocycles. The molecule has 0 spiro atoms. The molecular weight excluding hydrogens is 350 g/mol. The molecule has 1 aromatic rings. The molecule has 0 bridgehead atoms. The number of aliphatic hydroxyl groups is 1. The van der Waals surface area contributed by atoms with Gasteiger partial charge in [-0.3, -0.25) is 0 Å². The maximum absolute atomic E-state index is 12.3. The van der Waals surface area contributed by atoms with Crippen LogP contribution in [0.5, 0.6) is 5.75 Å². The molecule has 114 valence electrons. The number of sulfonamides is 1. The van der Waals surface area contributed by atoms with Crippen LogP contribution in [-0.4, -0.2) is 46.5 Å². The van der Waals surface area contributed by atoms with Gasteiger partial charge in [0.05, 0.1) is 25.9 Å². The lowest BCUT2D eigenvalue weighted by atomic mass is 10.3. The fraction of sp³-hybridized carbons (Fsp3) is 0.500. The molecule has 1 aromatic carbocycles. The number of methoxy groups -OCH3 is 1. The maximum atomic E-state index is 12.3. The van der Waals surface area contributed by atoms with E-state index in [9.17, 15) is 8.42 Å². The second kappa shape index (κ2) is 7.94. The summed E-state index contributed by atoms with van der Waals surface area (Å²) in [7, 11) is -2.38. The molecule has 0 radical (unpaired) electrons. The number of halogens is 1. The molecule has 0 aliphatic carbocycles. The summed E-state index contributed by atoms with van der Waals surface area (Å²) in [6.45, 7) is 1.84. The van der Waals surface area contributed by atoms with Crippen LogP contribution in [0.15, 0.2) is 27.6 Å². The molecular formula is C12H18BrNO5S. The number of benzene rings is 1. The zero-order chi connectivity index (χ0) is 15.2. The van der Waals surface area contributed by atoms with Gasteiger partial charge in [-0.15, -0.1) is 0 Å². The number of nitrogens with one attached hydrogen (secondary N) is 1. The summed E-state index contributed by atoms with van der Waals surface area (Å²) in [5.74, 6) is 0.261. The molecule has 2 N–H and O–H groups in total. The molecule has 0 heterocycles. The minimum atomic E-state index is -3.81. The normalized spacial score (nSPS) is 13.2. The topological polar surface area (TPSA) is 84.9 Å². The summed E-state index contributed by atoms with van der Waals surface area (Å²) in [6, 6.07) is 4.02. The minimum absolute atomic E-state index is 0.0169. The van der Waals surface area contributed by atoms with Crippen molar-refractivity contribution < 1.29 is 23.0 Å². The smallest absolute Gasteiger partial charge is 0.244 e. The molecule has 0 aromatic heterocycles. The van der Waals surface area contributed by atoms with E-state index in [1.165, 1.54) is 13.2 Å². The Morgan fingerprint density at radius 3 is 2.70 bits per heavy atom. The number of aliphatic hydroxyl groups excluding tert-OH is 1. The van der Waals surface area contributed by atoms with Crippen LogP contribution in [0.4, 0.5) is 0 Å². The van der Waals surface area contributed by atoms with Gasteiger partial charge in [0, 0.05) is 11.6 Å². The van der Waals surface area contributed by atoms with Crippen LogP contribution in [0, 0.1) is 0 Å². The van der Waals surface area contributed by atoms with E-state index in [0.29, 0.717) is 11.1 Å². The van der Waals surface area contributed by atoms with Crippen LogP contribution in [0.25, 0.3) is 0 Å². The highest BCUT2D eigenvalue weighted by Gasteiger charge is 2.23. The van der Waals surface area contributed by atoms with E-state index in [-0.39, 0.29) is 23.9 Å². The highest BCUT2D eigenvalue weighted by molar-refractivity contribution is 9.10. The number of hydrogen-bond acceptors (Lipinski definition) is 5. The third-order valence-corrected chi connectivity index (χ3v) is 4.44. The predicted molar refractivity (Wildman–Crippen MR) is 78.4 cm³/mol. The Kier molecular flexibility index (Phi) is 6.90. The van der Waals surface area contributed by atoms with Crippen LogP contribution in [0.3, 0.4) is 0 Å². The SMILES string of the molecule is CCOc1ccc(Br)cc1S(=O)(=O)NC(CO)COC. The predicted octanol–water partition coefficient (Wildman–Crippen LogP) is 1.13. The molecule has 0 aliphatic heterocycles. The Balaban J connectivity index is 3.10. The lowest BCUT2D eigenvalue weighted by Gasteiger charge is -2.17. The maximum Gasteiger partial charge on any atom is 0.244 e. The van der Waals surface area contributed by atoms with E-state index >= 15 is 0 Å². The fourth-order valence-electron chi connectivity index (χ4n) is 1.57. The Morgan fingerprint density at radius 2 is 2.15 bits per heavy atom. The monoisotopic (exact) mass is 367 g/mol. The standard InChI is InChI=1S/C12H18BrNO5S/c1-3-19-11-5-4-9(13)6-12(11)20(16,17)14-10(7-15)8-18-2/h4-6,10,14-15H,3,7-8H2,1-2H3. The van der Waals surface area contributed by atoms with E-state index in [0.717, 1.165) is 0 Å². The van der Waals surface area contributed by atoms with E-state index in [2.05, 4.69) is 20.7 Å². The zero-order valence-corrected chi connectivity index (χ0v) is 13.7. The molecule has 8 heteroatoms. The molecule has 0 fully saturated rings. The Morgan fingerprint density at radius 1 is 1.45 bits per heavy atom. The zero-order valence-electron chi connectivity index (χ0n) is 11.3. The summed E-state index contributed by atoms with van der Waals surface area (Å²) in [5, 5.41) is 9.15. The van der Waals surface area contributed by atoms with Crippen molar-refractivity contribution in [2.24, 2.45) is 0 Å². The molecule has 20 heavy (non-hydrogen) atoms. The van der Waals surface area contributed by atoms with Gasteiger partial charge in [-0.1, -0.05) is 15.9 Å². The first-order valence-corrected chi connectivity index (χ1v) is 8.26. The third kappa shape index (κ3) is 4.71. The van der Waals surface area contributed by atoms with Crippen molar-refractivity contribution in [1.82, 2.24) is 4.72 Å². The van der Waals surface area contributed by atoms with Gasteiger partial charge >= 0.3 is 0 Å². The Bertz CT molecular complexity index is 535. The Hall–Kier alpha value is -0.670.